The van der Waals surface area contributed by atoms with Gasteiger partial charge >= 0.3 is 6.09 Å². The average molecular weight is 239 g/mol. The van der Waals surface area contributed by atoms with E-state index in [0.717, 1.165) is 6.42 Å². The van der Waals surface area contributed by atoms with Gasteiger partial charge in [0.05, 0.1) is 12.6 Å². The van der Waals surface area contributed by atoms with Crippen molar-refractivity contribution in [1.29, 1.82) is 0 Å². The minimum Gasteiger partial charge on any atom is -0.443 e. The first-order valence-corrected chi connectivity index (χ1v) is 5.72. The molecule has 1 saturated heterocycles. The van der Waals surface area contributed by atoms with Crippen LogP contribution in [0.4, 0.5) is 4.79 Å². The smallest absolute Gasteiger partial charge is 0.417 e. The summed E-state index contributed by atoms with van der Waals surface area (Å²) in [6, 6.07) is -0.0600. The quantitative estimate of drug-likeness (QED) is 0.695. The molecule has 17 heavy (non-hydrogen) atoms. The van der Waals surface area contributed by atoms with Crippen molar-refractivity contribution in [2.45, 2.75) is 38.8 Å². The second-order valence-electron chi connectivity index (χ2n) is 5.41. The zero-order valence-corrected chi connectivity index (χ0v) is 10.3. The Labute approximate surface area is 100 Å². The molecule has 0 aromatic rings. The van der Waals surface area contributed by atoms with E-state index in [2.05, 4.69) is 0 Å². The molecule has 2 unspecified atom stereocenters. The fourth-order valence-corrected chi connectivity index (χ4v) is 2.12. The highest BCUT2D eigenvalue weighted by molar-refractivity contribution is 6.07. The van der Waals surface area contributed by atoms with E-state index in [4.69, 9.17) is 9.84 Å². The van der Waals surface area contributed by atoms with Gasteiger partial charge in [-0.25, -0.2) is 9.69 Å². The van der Waals surface area contributed by atoms with E-state index in [-0.39, 0.29) is 24.5 Å². The molecule has 0 aromatic carbocycles. The number of piperidine rings is 1. The number of carbonyl (C=O) groups excluding carboxylic acids is 2. The first-order chi connectivity index (χ1) is 7.85. The number of amides is 2. The highest BCUT2D eigenvalue weighted by Gasteiger charge is 2.58. The monoisotopic (exact) mass is 239 g/mol. The number of carbonyl (C=O) groups is 2. The summed E-state index contributed by atoms with van der Waals surface area (Å²) >= 11 is 0. The fourth-order valence-electron chi connectivity index (χ4n) is 2.12. The molecule has 94 valence electrons. The third-order valence-corrected chi connectivity index (χ3v) is 2.86. The Morgan fingerprint density at radius 1 is 1.59 bits per heavy atom. The van der Waals surface area contributed by atoms with Crippen LogP contribution in [-0.2, 0) is 9.53 Å². The molecule has 1 N–H and O–H groups in total. The number of hydrogen-bond donors (Lipinski definition) is 1. The molecule has 2 fully saturated rings. The summed E-state index contributed by atoms with van der Waals surface area (Å²) in [6.45, 7) is 5.12. The third-order valence-electron chi connectivity index (χ3n) is 2.86. The lowest BCUT2D eigenvalue weighted by atomic mass is 10.2. The first-order valence-electron chi connectivity index (χ1n) is 5.72. The van der Waals surface area contributed by atoms with Crippen LogP contribution in [0.3, 0.4) is 0 Å². The van der Waals surface area contributed by atoms with E-state index in [1.54, 1.807) is 20.8 Å². The van der Waals surface area contributed by atoms with E-state index in [9.17, 15) is 9.59 Å². The molecule has 1 saturated carbocycles. The summed E-state index contributed by atoms with van der Waals surface area (Å²) in [5, 5.41) is 8.83. The van der Waals surface area contributed by atoms with Crippen molar-refractivity contribution in [2.24, 2.45) is 5.92 Å². The fraction of sp³-hybridized carbons (Fsp3) is 0.667. The summed E-state index contributed by atoms with van der Waals surface area (Å²) in [5.74, 6) is -0.225. The van der Waals surface area contributed by atoms with Gasteiger partial charge in [-0.15, -0.1) is 0 Å². The molecule has 1 aliphatic carbocycles. The van der Waals surface area contributed by atoms with Gasteiger partial charge in [-0.3, -0.25) is 4.79 Å². The standard InChI is InChI=1S/C12H17NO4/c1-12(2,3)17-11(16)13-9-6-8(9)7(4-5-14)10(13)15/h4,8-9,14H,5-6H2,1-3H3/b7-4+. The lowest BCUT2D eigenvalue weighted by Gasteiger charge is -2.24. The van der Waals surface area contributed by atoms with Crippen LogP contribution in [0.25, 0.3) is 0 Å². The van der Waals surface area contributed by atoms with Crippen LogP contribution in [0.2, 0.25) is 0 Å². The number of aliphatic hydroxyl groups excluding tert-OH is 1. The van der Waals surface area contributed by atoms with Gasteiger partial charge < -0.3 is 9.84 Å². The van der Waals surface area contributed by atoms with Gasteiger partial charge in [-0.05, 0) is 27.2 Å². The van der Waals surface area contributed by atoms with Crippen LogP contribution in [0.5, 0.6) is 0 Å². The number of fused-ring (bicyclic) bond motifs is 1. The SMILES string of the molecule is CC(C)(C)OC(=O)N1C(=O)/C(=C/CO)C2CC21. The molecule has 2 rings (SSSR count). The van der Waals surface area contributed by atoms with E-state index in [0.29, 0.717) is 5.57 Å². The minimum absolute atomic E-state index is 0.0600. The maximum atomic E-state index is 11.9. The third kappa shape index (κ3) is 2.20. The Kier molecular flexibility index (Phi) is 2.73. The first kappa shape index (κ1) is 12.1. The van der Waals surface area contributed by atoms with Crippen molar-refractivity contribution in [2.75, 3.05) is 6.61 Å². The molecule has 0 radical (unpaired) electrons. The van der Waals surface area contributed by atoms with E-state index in [1.807, 2.05) is 0 Å². The highest BCUT2D eigenvalue weighted by Crippen LogP contribution is 2.49. The largest absolute Gasteiger partial charge is 0.443 e. The molecule has 5 heteroatoms. The number of imide groups is 1. The van der Waals surface area contributed by atoms with Crippen LogP contribution in [-0.4, -0.2) is 40.3 Å². The number of likely N-dealkylation sites (tertiary alicyclic amines) is 1. The second-order valence-corrected chi connectivity index (χ2v) is 5.41. The van der Waals surface area contributed by atoms with Gasteiger partial charge in [0.15, 0.2) is 0 Å². The predicted octanol–water partition coefficient (Wildman–Crippen LogP) is 1.07. The van der Waals surface area contributed by atoms with Gasteiger partial charge in [0.25, 0.3) is 5.91 Å². The zero-order valence-electron chi connectivity index (χ0n) is 10.3. The van der Waals surface area contributed by atoms with Crippen molar-refractivity contribution in [3.05, 3.63) is 11.6 Å². The summed E-state index contributed by atoms with van der Waals surface area (Å²) in [6.07, 6.45) is 1.69. The van der Waals surface area contributed by atoms with E-state index in [1.165, 1.54) is 11.0 Å². The Bertz CT molecular complexity index is 394. The zero-order chi connectivity index (χ0) is 12.8. The van der Waals surface area contributed by atoms with Gasteiger partial charge in [-0.1, -0.05) is 6.08 Å². The van der Waals surface area contributed by atoms with Crippen LogP contribution < -0.4 is 0 Å². The Morgan fingerprint density at radius 2 is 2.24 bits per heavy atom. The normalized spacial score (nSPS) is 29.5. The number of nitrogens with zero attached hydrogens (tertiary/aromatic N) is 1. The van der Waals surface area contributed by atoms with Gasteiger partial charge in [0, 0.05) is 11.5 Å². The van der Waals surface area contributed by atoms with Crippen molar-refractivity contribution in [3.63, 3.8) is 0 Å². The Balaban J connectivity index is 2.12. The maximum absolute atomic E-state index is 11.9. The lowest BCUT2D eigenvalue weighted by molar-refractivity contribution is -0.125. The van der Waals surface area contributed by atoms with Crippen molar-refractivity contribution >= 4 is 12.0 Å². The van der Waals surface area contributed by atoms with Crippen LogP contribution in [0, 0.1) is 5.92 Å². The summed E-state index contributed by atoms with van der Waals surface area (Å²) in [7, 11) is 0. The molecule has 2 amide bonds. The van der Waals surface area contributed by atoms with Crippen molar-refractivity contribution in [1.82, 2.24) is 4.90 Å². The number of rotatable bonds is 1. The molecule has 0 aromatic heterocycles. The molecule has 1 heterocycles. The molecule has 0 bridgehead atoms. The van der Waals surface area contributed by atoms with Crippen LogP contribution >= 0.6 is 0 Å². The molecular weight excluding hydrogens is 222 g/mol. The van der Waals surface area contributed by atoms with Crippen LogP contribution in [0.15, 0.2) is 11.6 Å². The average Bonchev–Trinajstić information content (AvgIpc) is 2.86. The number of hydrogen-bond acceptors (Lipinski definition) is 4. The topological polar surface area (TPSA) is 66.8 Å². The van der Waals surface area contributed by atoms with E-state index < -0.39 is 11.7 Å². The lowest BCUT2D eigenvalue weighted by Crippen LogP contribution is -2.40. The van der Waals surface area contributed by atoms with Gasteiger partial charge in [-0.2, -0.15) is 0 Å². The Morgan fingerprint density at radius 3 is 2.76 bits per heavy atom. The molecule has 2 atom stereocenters. The Hall–Kier alpha value is -1.36. The number of aliphatic hydroxyl groups is 1. The summed E-state index contributed by atoms with van der Waals surface area (Å²) in [4.78, 5) is 24.9. The van der Waals surface area contributed by atoms with Crippen molar-refractivity contribution in [3.8, 4) is 0 Å². The van der Waals surface area contributed by atoms with E-state index >= 15 is 0 Å². The van der Waals surface area contributed by atoms with Gasteiger partial charge in [0.1, 0.15) is 5.60 Å². The maximum Gasteiger partial charge on any atom is 0.417 e. The predicted molar refractivity (Wildman–Crippen MR) is 60.1 cm³/mol. The molecule has 5 nitrogen and oxygen atoms in total. The van der Waals surface area contributed by atoms with Gasteiger partial charge in [0.2, 0.25) is 0 Å². The summed E-state index contributed by atoms with van der Waals surface area (Å²) in [5.41, 5.74) is -0.0612. The number of ether oxygens (including phenoxy) is 1. The summed E-state index contributed by atoms with van der Waals surface area (Å²) < 4.78 is 5.19. The second kappa shape index (κ2) is 3.84. The molecule has 2 aliphatic rings. The molecular formula is C12H17NO4. The van der Waals surface area contributed by atoms with Crippen LogP contribution in [0.1, 0.15) is 27.2 Å². The highest BCUT2D eigenvalue weighted by atomic mass is 16.6. The molecule has 1 aliphatic heterocycles. The molecule has 0 spiro atoms. The minimum atomic E-state index is -0.606. The van der Waals surface area contributed by atoms with Crippen molar-refractivity contribution < 1.29 is 19.4 Å².